The third-order valence-corrected chi connectivity index (χ3v) is 5.29. The lowest BCUT2D eigenvalue weighted by Crippen LogP contribution is -2.13. The standard InChI is InChI=1S/C18H17Cl2N7S/c1-11-6-22-26(8-11)12(2)17-23-24-18(28)27(17)15-7-21-25(10-15)9-13-3-4-14(19)5-16(13)20/h3-8,10,12H,9H2,1-2H3,(H,24,28)/t12-/m1/s1. The Morgan fingerprint density at radius 3 is 2.71 bits per heavy atom. The van der Waals surface area contributed by atoms with Crippen LogP contribution in [-0.4, -0.2) is 34.3 Å². The SMILES string of the molecule is Cc1cnn([C@H](C)c2n[nH]c(=S)n2-c2cnn(Cc3ccc(Cl)cc3Cl)c2)c1. The molecule has 4 rings (SSSR count). The predicted molar refractivity (Wildman–Crippen MR) is 111 cm³/mol. The van der Waals surface area contributed by atoms with Crippen molar-refractivity contribution in [3.05, 3.63) is 74.8 Å². The van der Waals surface area contributed by atoms with Crippen LogP contribution in [-0.2, 0) is 6.54 Å². The molecule has 0 unspecified atom stereocenters. The first kappa shape index (κ1) is 18.9. The maximum atomic E-state index is 6.28. The monoisotopic (exact) mass is 433 g/mol. The van der Waals surface area contributed by atoms with E-state index in [-0.39, 0.29) is 6.04 Å². The summed E-state index contributed by atoms with van der Waals surface area (Å²) in [6.45, 7) is 4.54. The second-order valence-electron chi connectivity index (χ2n) is 6.53. The van der Waals surface area contributed by atoms with Gasteiger partial charge in [0.05, 0.1) is 24.6 Å². The van der Waals surface area contributed by atoms with E-state index in [1.807, 2.05) is 53.8 Å². The molecule has 0 saturated heterocycles. The van der Waals surface area contributed by atoms with Gasteiger partial charge in [-0.2, -0.15) is 15.3 Å². The highest BCUT2D eigenvalue weighted by atomic mass is 35.5. The Hall–Kier alpha value is -2.42. The van der Waals surface area contributed by atoms with Crippen molar-refractivity contribution in [2.75, 3.05) is 0 Å². The first-order valence-corrected chi connectivity index (χ1v) is 9.73. The summed E-state index contributed by atoms with van der Waals surface area (Å²) in [4.78, 5) is 0. The zero-order valence-corrected chi connectivity index (χ0v) is 17.5. The highest BCUT2D eigenvalue weighted by molar-refractivity contribution is 7.71. The van der Waals surface area contributed by atoms with Crippen LogP contribution in [0.4, 0.5) is 0 Å². The normalized spacial score (nSPS) is 12.4. The first-order valence-electron chi connectivity index (χ1n) is 8.57. The fourth-order valence-corrected chi connectivity index (χ4v) is 3.69. The molecule has 0 bridgehead atoms. The number of nitrogens with zero attached hydrogens (tertiary/aromatic N) is 6. The second kappa shape index (κ2) is 7.54. The van der Waals surface area contributed by atoms with Crippen molar-refractivity contribution in [1.29, 1.82) is 0 Å². The van der Waals surface area contributed by atoms with Gasteiger partial charge in [-0.15, -0.1) is 0 Å². The average molecular weight is 434 g/mol. The number of aromatic nitrogens is 7. The number of rotatable bonds is 5. The van der Waals surface area contributed by atoms with Crippen LogP contribution in [0.5, 0.6) is 0 Å². The molecule has 4 aromatic rings. The summed E-state index contributed by atoms with van der Waals surface area (Å²) >= 11 is 17.7. The number of hydrogen-bond acceptors (Lipinski definition) is 4. The molecule has 0 radical (unpaired) electrons. The molecule has 7 nitrogen and oxygen atoms in total. The molecule has 1 atom stereocenters. The van der Waals surface area contributed by atoms with Gasteiger partial charge in [-0.3, -0.25) is 19.0 Å². The van der Waals surface area contributed by atoms with Gasteiger partial charge in [0.1, 0.15) is 6.04 Å². The Bertz CT molecular complexity index is 1190. The highest BCUT2D eigenvalue weighted by Gasteiger charge is 2.19. The van der Waals surface area contributed by atoms with Crippen molar-refractivity contribution in [1.82, 2.24) is 34.3 Å². The van der Waals surface area contributed by atoms with E-state index in [0.29, 0.717) is 21.4 Å². The molecule has 1 N–H and O–H groups in total. The van der Waals surface area contributed by atoms with Crippen LogP contribution < -0.4 is 0 Å². The quantitative estimate of drug-likeness (QED) is 0.467. The Kier molecular flexibility index (Phi) is 5.09. The fraction of sp³-hybridized carbons (Fsp3) is 0.222. The number of halogens is 2. The maximum absolute atomic E-state index is 6.28. The molecule has 3 heterocycles. The van der Waals surface area contributed by atoms with Crippen LogP contribution in [0.25, 0.3) is 5.69 Å². The van der Waals surface area contributed by atoms with Crippen molar-refractivity contribution in [3.8, 4) is 5.69 Å². The van der Waals surface area contributed by atoms with Crippen LogP contribution >= 0.6 is 35.4 Å². The summed E-state index contributed by atoms with van der Waals surface area (Å²) in [5.74, 6) is 0.747. The van der Waals surface area contributed by atoms with E-state index in [1.54, 1.807) is 16.9 Å². The molecule has 0 aliphatic rings. The van der Waals surface area contributed by atoms with Crippen molar-refractivity contribution in [2.45, 2.75) is 26.4 Å². The molecule has 10 heteroatoms. The van der Waals surface area contributed by atoms with E-state index >= 15 is 0 Å². The Morgan fingerprint density at radius 2 is 2.00 bits per heavy atom. The third-order valence-electron chi connectivity index (χ3n) is 4.42. The summed E-state index contributed by atoms with van der Waals surface area (Å²) in [7, 11) is 0. The third kappa shape index (κ3) is 3.63. The fourth-order valence-electron chi connectivity index (χ4n) is 2.98. The topological polar surface area (TPSA) is 69.2 Å². The van der Waals surface area contributed by atoms with Gasteiger partial charge in [0.25, 0.3) is 0 Å². The van der Waals surface area contributed by atoms with Gasteiger partial charge in [0, 0.05) is 22.4 Å². The van der Waals surface area contributed by atoms with Crippen LogP contribution in [0.2, 0.25) is 10.0 Å². The molecular formula is C18H17Cl2N7S. The summed E-state index contributed by atoms with van der Waals surface area (Å²) in [5.41, 5.74) is 2.83. The highest BCUT2D eigenvalue weighted by Crippen LogP contribution is 2.23. The van der Waals surface area contributed by atoms with Gasteiger partial charge in [-0.05, 0) is 49.3 Å². The largest absolute Gasteiger partial charge is 0.267 e. The van der Waals surface area contributed by atoms with Crippen molar-refractivity contribution in [3.63, 3.8) is 0 Å². The number of hydrogen-bond donors (Lipinski definition) is 1. The van der Waals surface area contributed by atoms with Gasteiger partial charge in [0.2, 0.25) is 0 Å². The molecule has 0 aliphatic carbocycles. The minimum atomic E-state index is -0.101. The molecule has 0 aliphatic heterocycles. The number of aryl methyl sites for hydroxylation is 1. The molecule has 0 fully saturated rings. The van der Waals surface area contributed by atoms with E-state index in [9.17, 15) is 0 Å². The maximum Gasteiger partial charge on any atom is 0.200 e. The van der Waals surface area contributed by atoms with Crippen LogP contribution in [0, 0.1) is 11.7 Å². The van der Waals surface area contributed by atoms with Crippen LogP contribution in [0.1, 0.15) is 29.9 Å². The minimum absolute atomic E-state index is 0.101. The van der Waals surface area contributed by atoms with E-state index in [2.05, 4.69) is 20.4 Å². The predicted octanol–water partition coefficient (Wildman–Crippen LogP) is 4.60. The molecule has 0 saturated carbocycles. The summed E-state index contributed by atoms with van der Waals surface area (Å²) in [5, 5.41) is 17.3. The van der Waals surface area contributed by atoms with Gasteiger partial charge in [-0.1, -0.05) is 29.3 Å². The van der Waals surface area contributed by atoms with E-state index in [1.165, 1.54) is 0 Å². The zero-order valence-electron chi connectivity index (χ0n) is 15.2. The van der Waals surface area contributed by atoms with Crippen molar-refractivity contribution < 1.29 is 0 Å². The minimum Gasteiger partial charge on any atom is -0.267 e. The Morgan fingerprint density at radius 1 is 1.18 bits per heavy atom. The van der Waals surface area contributed by atoms with Crippen LogP contribution in [0.15, 0.2) is 43.0 Å². The van der Waals surface area contributed by atoms with E-state index in [0.717, 1.165) is 22.6 Å². The van der Waals surface area contributed by atoms with E-state index < -0.39 is 0 Å². The van der Waals surface area contributed by atoms with Gasteiger partial charge < -0.3 is 0 Å². The second-order valence-corrected chi connectivity index (χ2v) is 7.76. The number of benzene rings is 1. The lowest BCUT2D eigenvalue weighted by molar-refractivity contribution is 0.527. The molecule has 3 aromatic heterocycles. The van der Waals surface area contributed by atoms with Crippen LogP contribution in [0.3, 0.4) is 0 Å². The average Bonchev–Trinajstić information content (AvgIpc) is 3.37. The molecule has 0 spiro atoms. The molecule has 144 valence electrons. The Balaban J connectivity index is 1.66. The lowest BCUT2D eigenvalue weighted by Gasteiger charge is -2.12. The van der Waals surface area contributed by atoms with Gasteiger partial charge in [0.15, 0.2) is 10.6 Å². The van der Waals surface area contributed by atoms with E-state index in [4.69, 9.17) is 35.4 Å². The van der Waals surface area contributed by atoms with Crippen molar-refractivity contribution >= 4 is 35.4 Å². The number of aromatic amines is 1. The summed E-state index contributed by atoms with van der Waals surface area (Å²) in [6.07, 6.45) is 7.44. The zero-order chi connectivity index (χ0) is 19.8. The molecule has 1 aromatic carbocycles. The van der Waals surface area contributed by atoms with Crippen molar-refractivity contribution in [2.24, 2.45) is 0 Å². The summed E-state index contributed by atoms with van der Waals surface area (Å²) in [6, 6.07) is 5.32. The summed E-state index contributed by atoms with van der Waals surface area (Å²) < 4.78 is 6.01. The number of H-pyrrole nitrogens is 1. The Labute approximate surface area is 176 Å². The first-order chi connectivity index (χ1) is 13.4. The lowest BCUT2D eigenvalue weighted by atomic mass is 10.2. The molecule has 28 heavy (non-hydrogen) atoms. The molecule has 0 amide bonds. The number of nitrogens with one attached hydrogen (secondary N) is 1. The van der Waals surface area contributed by atoms with Gasteiger partial charge in [-0.25, -0.2) is 0 Å². The van der Waals surface area contributed by atoms with Gasteiger partial charge >= 0.3 is 0 Å². The smallest absolute Gasteiger partial charge is 0.200 e. The molecular weight excluding hydrogens is 417 g/mol.